The van der Waals surface area contributed by atoms with Crippen molar-refractivity contribution in [2.24, 2.45) is 0 Å². The molecule has 420 valence electrons. The van der Waals surface area contributed by atoms with E-state index in [2.05, 4.69) is 106 Å². The Balaban J connectivity index is 4.42. The van der Waals surface area contributed by atoms with E-state index in [0.29, 0.717) is 19.3 Å². The summed E-state index contributed by atoms with van der Waals surface area (Å²) in [5, 5.41) is 0. The van der Waals surface area contributed by atoms with Crippen LogP contribution in [0.5, 0.6) is 0 Å². The number of hydrogen-bond acceptors (Lipinski definition) is 6. The molecule has 0 saturated carbocycles. The number of carbonyl (C=O) groups excluding carboxylic acids is 3. The van der Waals surface area contributed by atoms with E-state index in [0.717, 1.165) is 122 Å². The van der Waals surface area contributed by atoms with E-state index in [9.17, 15) is 14.4 Å². The van der Waals surface area contributed by atoms with Crippen molar-refractivity contribution in [3.8, 4) is 0 Å². The maximum Gasteiger partial charge on any atom is 0.306 e. The molecule has 0 fully saturated rings. The zero-order valence-electron chi connectivity index (χ0n) is 48.1. The molecule has 0 aliphatic carbocycles. The number of esters is 3. The second kappa shape index (κ2) is 61.1. The van der Waals surface area contributed by atoms with E-state index in [4.69, 9.17) is 14.2 Å². The quantitative estimate of drug-likeness (QED) is 0.0261. The minimum absolute atomic E-state index is 0.0943. The molecule has 1 atom stereocenters. The van der Waals surface area contributed by atoms with Crippen molar-refractivity contribution in [1.29, 1.82) is 0 Å². The Labute approximate surface area is 452 Å². The van der Waals surface area contributed by atoms with Gasteiger partial charge in [-0.1, -0.05) is 273 Å². The normalized spacial score (nSPS) is 12.6. The Kier molecular flexibility index (Phi) is 58.3. The van der Waals surface area contributed by atoms with Crippen LogP contribution in [0, 0.1) is 0 Å². The lowest BCUT2D eigenvalue weighted by Crippen LogP contribution is -2.30. The zero-order chi connectivity index (χ0) is 52.9. The predicted octanol–water partition coefficient (Wildman–Crippen LogP) is 21.1. The summed E-state index contributed by atoms with van der Waals surface area (Å²) < 4.78 is 16.9. The van der Waals surface area contributed by atoms with Gasteiger partial charge in [-0.2, -0.15) is 0 Å². The van der Waals surface area contributed by atoms with Gasteiger partial charge in [0.25, 0.3) is 0 Å². The molecule has 0 aromatic rings. The van der Waals surface area contributed by atoms with Gasteiger partial charge >= 0.3 is 17.9 Å². The molecule has 0 amide bonds. The summed E-state index contributed by atoms with van der Waals surface area (Å²) in [7, 11) is 0. The van der Waals surface area contributed by atoms with Crippen molar-refractivity contribution in [2.75, 3.05) is 13.2 Å². The Bertz CT molecular complexity index is 1400. The summed E-state index contributed by atoms with van der Waals surface area (Å²) in [4.78, 5) is 38.3. The van der Waals surface area contributed by atoms with Crippen molar-refractivity contribution in [1.82, 2.24) is 0 Å². The summed E-state index contributed by atoms with van der Waals surface area (Å²) in [5.74, 6) is -0.925. The lowest BCUT2D eigenvalue weighted by atomic mass is 10.0. The van der Waals surface area contributed by atoms with E-state index in [-0.39, 0.29) is 31.1 Å². The highest BCUT2D eigenvalue weighted by Gasteiger charge is 2.19. The molecular weight excluding hydrogens is 901 g/mol. The molecule has 0 radical (unpaired) electrons. The van der Waals surface area contributed by atoms with Crippen molar-refractivity contribution in [2.45, 2.75) is 309 Å². The molecule has 0 spiro atoms. The lowest BCUT2D eigenvalue weighted by molar-refractivity contribution is -0.167. The molecule has 0 bridgehead atoms. The molecule has 0 N–H and O–H groups in total. The number of rotatable bonds is 56. The zero-order valence-corrected chi connectivity index (χ0v) is 48.1. The summed E-state index contributed by atoms with van der Waals surface area (Å²) in [6.07, 6.45) is 80.1. The predicted molar refractivity (Wildman–Crippen MR) is 316 cm³/mol. The third-order valence-electron chi connectivity index (χ3n) is 13.4. The van der Waals surface area contributed by atoms with E-state index >= 15 is 0 Å². The van der Waals surface area contributed by atoms with Crippen LogP contribution in [-0.4, -0.2) is 37.2 Å². The highest BCUT2D eigenvalue weighted by atomic mass is 16.6. The molecular formula is C67H116O6. The van der Waals surface area contributed by atoms with Crippen LogP contribution in [-0.2, 0) is 28.6 Å². The first-order valence-corrected chi connectivity index (χ1v) is 31.1. The van der Waals surface area contributed by atoms with Gasteiger partial charge in [0, 0.05) is 19.3 Å². The van der Waals surface area contributed by atoms with Crippen molar-refractivity contribution in [3.63, 3.8) is 0 Å². The SMILES string of the molecule is CC/C=C\C/C=C\C/C=C\C/C=C\CCCCCCC(=O)OC[C@H](COC(=O)CCCCCC/C=C\C/C=C\C/C=C\CCCCC)OC(=O)CCCCCCCCCCCCCCCCCCCCCCC. The third-order valence-corrected chi connectivity index (χ3v) is 13.4. The number of ether oxygens (including phenoxy) is 3. The number of hydrogen-bond donors (Lipinski definition) is 0. The number of unbranched alkanes of at least 4 members (excludes halogenated alkanes) is 31. The second-order valence-electron chi connectivity index (χ2n) is 20.6. The average Bonchev–Trinajstić information content (AvgIpc) is 3.39. The van der Waals surface area contributed by atoms with Crippen molar-refractivity contribution < 1.29 is 28.6 Å². The van der Waals surface area contributed by atoms with E-state index in [1.807, 2.05) is 0 Å². The largest absolute Gasteiger partial charge is 0.462 e. The first kappa shape index (κ1) is 69.6. The Morgan fingerprint density at radius 2 is 0.534 bits per heavy atom. The van der Waals surface area contributed by atoms with E-state index < -0.39 is 6.10 Å². The number of carbonyl (C=O) groups is 3. The molecule has 6 heteroatoms. The Morgan fingerprint density at radius 1 is 0.288 bits per heavy atom. The van der Waals surface area contributed by atoms with Gasteiger partial charge < -0.3 is 14.2 Å². The molecule has 0 aliphatic rings. The van der Waals surface area contributed by atoms with Gasteiger partial charge in [-0.3, -0.25) is 14.4 Å². The molecule has 0 aliphatic heterocycles. The van der Waals surface area contributed by atoms with Crippen LogP contribution in [0.4, 0.5) is 0 Å². The molecule has 0 rings (SSSR count). The first-order chi connectivity index (χ1) is 36.0. The molecule has 0 heterocycles. The van der Waals surface area contributed by atoms with Crippen LogP contribution < -0.4 is 0 Å². The fourth-order valence-corrected chi connectivity index (χ4v) is 8.74. The molecule has 0 unspecified atom stereocenters. The topological polar surface area (TPSA) is 78.9 Å². The fourth-order valence-electron chi connectivity index (χ4n) is 8.74. The average molecular weight is 1020 g/mol. The first-order valence-electron chi connectivity index (χ1n) is 31.1. The summed E-state index contributed by atoms with van der Waals surface area (Å²) in [6, 6.07) is 0. The molecule has 0 aromatic carbocycles. The summed E-state index contributed by atoms with van der Waals surface area (Å²) in [6.45, 7) is 6.49. The molecule has 73 heavy (non-hydrogen) atoms. The van der Waals surface area contributed by atoms with Gasteiger partial charge in [0.05, 0.1) is 0 Å². The summed E-state index contributed by atoms with van der Waals surface area (Å²) in [5.41, 5.74) is 0. The molecule has 6 nitrogen and oxygen atoms in total. The Morgan fingerprint density at radius 3 is 0.863 bits per heavy atom. The monoisotopic (exact) mass is 1020 g/mol. The fraction of sp³-hybridized carbons (Fsp3) is 0.746. The smallest absolute Gasteiger partial charge is 0.306 e. The van der Waals surface area contributed by atoms with Crippen LogP contribution in [0.1, 0.15) is 303 Å². The highest BCUT2D eigenvalue weighted by molar-refractivity contribution is 5.71. The summed E-state index contributed by atoms with van der Waals surface area (Å²) >= 11 is 0. The van der Waals surface area contributed by atoms with Crippen LogP contribution in [0.15, 0.2) is 85.1 Å². The lowest BCUT2D eigenvalue weighted by Gasteiger charge is -2.18. The van der Waals surface area contributed by atoms with Gasteiger partial charge in [-0.15, -0.1) is 0 Å². The van der Waals surface area contributed by atoms with Gasteiger partial charge in [0.2, 0.25) is 0 Å². The minimum atomic E-state index is -0.796. The maximum atomic E-state index is 12.9. The van der Waals surface area contributed by atoms with Gasteiger partial charge in [0.15, 0.2) is 6.10 Å². The second-order valence-corrected chi connectivity index (χ2v) is 20.6. The van der Waals surface area contributed by atoms with Crippen LogP contribution in [0.25, 0.3) is 0 Å². The van der Waals surface area contributed by atoms with E-state index in [1.165, 1.54) is 141 Å². The molecule has 0 saturated heterocycles. The standard InChI is InChI=1S/C67H116O6/c1-4-7-10-13-16-19-22-25-28-31-32-33-34-37-40-43-46-49-52-55-58-61-67(70)73-64(62-71-65(68)59-56-53-50-47-44-41-38-35-29-26-23-20-17-14-11-8-5-2)63-72-66(69)60-57-54-51-48-45-42-39-36-30-27-24-21-18-15-12-9-6-3/h8,11,17-18,20-21,26-27,29-30,38-39,41-42,64H,4-7,9-10,12-16,19,22-25,28,31-37,40,43-63H2,1-3H3/b11-8-,20-17-,21-18-,29-26-,30-27-,41-38-,42-39-/t64-/m1/s1. The van der Waals surface area contributed by atoms with Crippen LogP contribution in [0.3, 0.4) is 0 Å². The van der Waals surface area contributed by atoms with E-state index in [1.54, 1.807) is 0 Å². The van der Waals surface area contributed by atoms with Gasteiger partial charge in [-0.25, -0.2) is 0 Å². The Hall–Kier alpha value is -3.41. The van der Waals surface area contributed by atoms with Crippen molar-refractivity contribution in [3.05, 3.63) is 85.1 Å². The van der Waals surface area contributed by atoms with Crippen LogP contribution in [0.2, 0.25) is 0 Å². The molecule has 0 aromatic heterocycles. The van der Waals surface area contributed by atoms with Crippen molar-refractivity contribution >= 4 is 17.9 Å². The van der Waals surface area contributed by atoms with Gasteiger partial charge in [-0.05, 0) is 96.3 Å². The highest BCUT2D eigenvalue weighted by Crippen LogP contribution is 2.17. The number of allylic oxidation sites excluding steroid dienone is 14. The third kappa shape index (κ3) is 59.3. The minimum Gasteiger partial charge on any atom is -0.462 e. The van der Waals surface area contributed by atoms with Crippen LogP contribution >= 0.6 is 0 Å². The van der Waals surface area contributed by atoms with Gasteiger partial charge in [0.1, 0.15) is 13.2 Å². The maximum absolute atomic E-state index is 12.9.